The number of thiophene rings is 1. The quantitative estimate of drug-likeness (QED) is 0.409. The third-order valence-corrected chi connectivity index (χ3v) is 7.72. The molecule has 7 heteroatoms. The number of rotatable bonds is 7. The normalized spacial score (nSPS) is 17.6. The summed E-state index contributed by atoms with van der Waals surface area (Å²) in [6.45, 7) is 5.79. The summed E-state index contributed by atoms with van der Waals surface area (Å²) in [6.07, 6.45) is 5.37. The van der Waals surface area contributed by atoms with Crippen molar-refractivity contribution < 1.29 is 13.9 Å². The van der Waals surface area contributed by atoms with Gasteiger partial charge in [-0.3, -0.25) is 9.69 Å². The molecule has 1 aromatic heterocycles. The Labute approximate surface area is 216 Å². The number of benzene rings is 2. The SMILES string of the molecule is O=C(C=Cc1cccs1)N1CCC(Oc2ccc(CN3CCN(c4ccccc4F)CC3)cc2)CC1. The van der Waals surface area contributed by atoms with Crippen molar-refractivity contribution in [1.82, 2.24) is 9.80 Å². The van der Waals surface area contributed by atoms with Crippen LogP contribution < -0.4 is 9.64 Å². The number of anilines is 1. The minimum absolute atomic E-state index is 0.0703. The van der Waals surface area contributed by atoms with E-state index >= 15 is 0 Å². The van der Waals surface area contributed by atoms with Crippen LogP contribution in [0.3, 0.4) is 0 Å². The molecule has 2 fully saturated rings. The molecule has 0 radical (unpaired) electrons. The minimum Gasteiger partial charge on any atom is -0.490 e. The van der Waals surface area contributed by atoms with Crippen molar-refractivity contribution in [3.8, 4) is 5.75 Å². The molecule has 0 spiro atoms. The number of carbonyl (C=O) groups is 1. The number of ether oxygens (including phenoxy) is 1. The van der Waals surface area contributed by atoms with Crippen molar-refractivity contribution in [3.05, 3.63) is 88.4 Å². The zero-order valence-corrected chi connectivity index (χ0v) is 21.2. The van der Waals surface area contributed by atoms with E-state index in [1.165, 1.54) is 11.6 Å². The Kier molecular flexibility index (Phi) is 7.98. The van der Waals surface area contributed by atoms with E-state index in [0.29, 0.717) is 5.69 Å². The molecule has 5 nitrogen and oxygen atoms in total. The summed E-state index contributed by atoms with van der Waals surface area (Å²) in [6, 6.07) is 19.4. The first kappa shape index (κ1) is 24.5. The van der Waals surface area contributed by atoms with Gasteiger partial charge in [0.2, 0.25) is 5.91 Å². The summed E-state index contributed by atoms with van der Waals surface area (Å²) in [5.41, 5.74) is 1.95. The lowest BCUT2D eigenvalue weighted by molar-refractivity contribution is -0.127. The highest BCUT2D eigenvalue weighted by molar-refractivity contribution is 7.10. The number of halogens is 1. The van der Waals surface area contributed by atoms with Gasteiger partial charge in [0.15, 0.2) is 0 Å². The number of para-hydroxylation sites is 1. The Balaban J connectivity index is 1.04. The Morgan fingerprint density at radius 2 is 1.69 bits per heavy atom. The number of likely N-dealkylation sites (tertiary alicyclic amines) is 1. The summed E-state index contributed by atoms with van der Waals surface area (Å²) < 4.78 is 20.3. The molecule has 36 heavy (non-hydrogen) atoms. The van der Waals surface area contributed by atoms with Gasteiger partial charge in [-0.25, -0.2) is 4.39 Å². The Morgan fingerprint density at radius 1 is 0.944 bits per heavy atom. The van der Waals surface area contributed by atoms with Crippen LogP contribution in [0.4, 0.5) is 10.1 Å². The van der Waals surface area contributed by atoms with E-state index < -0.39 is 0 Å². The largest absolute Gasteiger partial charge is 0.490 e. The number of amides is 1. The first-order chi connectivity index (χ1) is 17.6. The molecular formula is C29H32FN3O2S. The first-order valence-corrected chi connectivity index (χ1v) is 13.5. The van der Waals surface area contributed by atoms with E-state index in [9.17, 15) is 9.18 Å². The Bertz CT molecular complexity index is 1150. The van der Waals surface area contributed by atoms with Gasteiger partial charge < -0.3 is 14.5 Å². The second-order valence-corrected chi connectivity index (χ2v) is 10.3. The van der Waals surface area contributed by atoms with E-state index in [1.807, 2.05) is 52.8 Å². The highest BCUT2D eigenvalue weighted by Crippen LogP contribution is 2.23. The standard InChI is InChI=1S/C29H32FN3O2S/c30-27-5-1-2-6-28(27)32-19-17-31(18-20-32)22-23-7-9-24(10-8-23)35-25-13-15-33(16-14-25)29(34)12-11-26-4-3-21-36-26/h1-12,21,25H,13-20,22H2. The predicted octanol–water partition coefficient (Wildman–Crippen LogP) is 5.29. The maximum absolute atomic E-state index is 14.1. The number of hydrogen-bond acceptors (Lipinski definition) is 5. The fourth-order valence-corrected chi connectivity index (χ4v) is 5.44. The topological polar surface area (TPSA) is 36.0 Å². The molecule has 2 aromatic carbocycles. The number of hydrogen-bond donors (Lipinski definition) is 0. The van der Waals surface area contributed by atoms with Crippen molar-refractivity contribution in [1.29, 1.82) is 0 Å². The first-order valence-electron chi connectivity index (χ1n) is 12.6. The monoisotopic (exact) mass is 505 g/mol. The van der Waals surface area contributed by atoms with Gasteiger partial charge in [0.1, 0.15) is 17.7 Å². The van der Waals surface area contributed by atoms with Crippen LogP contribution in [0.5, 0.6) is 5.75 Å². The molecule has 2 aliphatic heterocycles. The molecule has 2 saturated heterocycles. The van der Waals surface area contributed by atoms with Crippen LogP contribution in [0.15, 0.2) is 72.1 Å². The summed E-state index contributed by atoms with van der Waals surface area (Å²) >= 11 is 1.63. The molecule has 0 unspecified atom stereocenters. The van der Waals surface area contributed by atoms with Gasteiger partial charge in [-0.15, -0.1) is 11.3 Å². The average Bonchev–Trinajstić information content (AvgIpc) is 3.44. The van der Waals surface area contributed by atoms with Crippen molar-refractivity contribution in [3.63, 3.8) is 0 Å². The molecule has 0 saturated carbocycles. The summed E-state index contributed by atoms with van der Waals surface area (Å²) in [7, 11) is 0. The van der Waals surface area contributed by atoms with Gasteiger partial charge in [-0.2, -0.15) is 0 Å². The van der Waals surface area contributed by atoms with E-state index in [1.54, 1.807) is 23.5 Å². The number of carbonyl (C=O) groups excluding carboxylic acids is 1. The van der Waals surface area contributed by atoms with E-state index in [0.717, 1.165) is 69.3 Å². The molecular weight excluding hydrogens is 473 g/mol. The second kappa shape index (κ2) is 11.7. The lowest BCUT2D eigenvalue weighted by Gasteiger charge is -2.36. The van der Waals surface area contributed by atoms with Crippen LogP contribution in [-0.4, -0.2) is 61.1 Å². The van der Waals surface area contributed by atoms with Crippen molar-refractivity contribution >= 4 is 29.0 Å². The maximum atomic E-state index is 14.1. The van der Waals surface area contributed by atoms with Crippen molar-refractivity contribution in [2.24, 2.45) is 0 Å². The lowest BCUT2D eigenvalue weighted by atomic mass is 10.1. The summed E-state index contributed by atoms with van der Waals surface area (Å²) in [4.78, 5) is 20.0. The van der Waals surface area contributed by atoms with Gasteiger partial charge >= 0.3 is 0 Å². The predicted molar refractivity (Wildman–Crippen MR) is 144 cm³/mol. The zero-order valence-electron chi connectivity index (χ0n) is 20.4. The van der Waals surface area contributed by atoms with Crippen molar-refractivity contribution in [2.75, 3.05) is 44.2 Å². The number of nitrogens with zero attached hydrogens (tertiary/aromatic N) is 3. The van der Waals surface area contributed by atoms with Crippen LogP contribution in [-0.2, 0) is 11.3 Å². The molecule has 3 heterocycles. The lowest BCUT2D eigenvalue weighted by Crippen LogP contribution is -2.46. The fourth-order valence-electron chi connectivity index (χ4n) is 4.82. The molecule has 0 N–H and O–H groups in total. The molecule has 0 atom stereocenters. The minimum atomic E-state index is -0.148. The van der Waals surface area contributed by atoms with E-state index in [2.05, 4.69) is 21.9 Å². The highest BCUT2D eigenvalue weighted by atomic mass is 32.1. The Hall–Kier alpha value is -3.16. The summed E-state index contributed by atoms with van der Waals surface area (Å²) in [5.74, 6) is 0.802. The molecule has 1 amide bonds. The molecule has 3 aromatic rings. The van der Waals surface area contributed by atoms with Crippen LogP contribution in [0.1, 0.15) is 23.3 Å². The Morgan fingerprint density at radius 3 is 2.39 bits per heavy atom. The fraction of sp³-hybridized carbons (Fsp3) is 0.345. The van der Waals surface area contributed by atoms with Crippen LogP contribution in [0, 0.1) is 5.82 Å². The molecule has 0 aliphatic carbocycles. The molecule has 5 rings (SSSR count). The summed E-state index contributed by atoms with van der Waals surface area (Å²) in [5, 5.41) is 2.01. The van der Waals surface area contributed by atoms with E-state index in [-0.39, 0.29) is 17.8 Å². The van der Waals surface area contributed by atoms with Gasteiger partial charge in [0, 0.05) is 69.6 Å². The van der Waals surface area contributed by atoms with Crippen LogP contribution in [0.2, 0.25) is 0 Å². The number of piperidine rings is 1. The van der Waals surface area contributed by atoms with Crippen LogP contribution in [0.25, 0.3) is 6.08 Å². The van der Waals surface area contributed by atoms with E-state index in [4.69, 9.17) is 4.74 Å². The molecule has 2 aliphatic rings. The molecule has 188 valence electrons. The highest BCUT2D eigenvalue weighted by Gasteiger charge is 2.23. The third-order valence-electron chi connectivity index (χ3n) is 6.88. The third kappa shape index (κ3) is 6.33. The maximum Gasteiger partial charge on any atom is 0.246 e. The van der Waals surface area contributed by atoms with Gasteiger partial charge in [0.25, 0.3) is 0 Å². The smallest absolute Gasteiger partial charge is 0.246 e. The van der Waals surface area contributed by atoms with Crippen molar-refractivity contribution in [2.45, 2.75) is 25.5 Å². The van der Waals surface area contributed by atoms with Gasteiger partial charge in [-0.05, 0) is 47.4 Å². The van der Waals surface area contributed by atoms with Gasteiger partial charge in [-0.1, -0.05) is 30.3 Å². The second-order valence-electron chi connectivity index (χ2n) is 9.35. The van der Waals surface area contributed by atoms with Crippen LogP contribution >= 0.6 is 11.3 Å². The zero-order chi connectivity index (χ0) is 24.7. The van der Waals surface area contributed by atoms with Gasteiger partial charge in [0.05, 0.1) is 5.69 Å². The molecule has 0 bridgehead atoms. The number of piperazine rings is 1. The average molecular weight is 506 g/mol.